The van der Waals surface area contributed by atoms with Crippen molar-refractivity contribution in [2.45, 2.75) is 18.9 Å². The predicted molar refractivity (Wildman–Crippen MR) is 91.1 cm³/mol. The summed E-state index contributed by atoms with van der Waals surface area (Å²) in [5.41, 5.74) is 0.460. The minimum atomic E-state index is -0.190. The molecule has 0 aliphatic carbocycles. The molecule has 0 saturated carbocycles. The molecule has 122 valence electrons. The van der Waals surface area contributed by atoms with Gasteiger partial charge < -0.3 is 9.73 Å². The first-order valence-corrected chi connectivity index (χ1v) is 8.41. The summed E-state index contributed by atoms with van der Waals surface area (Å²) in [6, 6.07) is 8.70. The summed E-state index contributed by atoms with van der Waals surface area (Å²) in [7, 11) is 0. The molecule has 0 radical (unpaired) electrons. The lowest BCUT2D eigenvalue weighted by Gasteiger charge is -2.26. The normalized spacial score (nSPS) is 16.4. The van der Waals surface area contributed by atoms with Crippen LogP contribution in [0.25, 0.3) is 0 Å². The molecule has 6 heteroatoms. The summed E-state index contributed by atoms with van der Waals surface area (Å²) in [6.07, 6.45) is 4.01. The van der Waals surface area contributed by atoms with E-state index >= 15 is 0 Å². The van der Waals surface area contributed by atoms with E-state index in [-0.39, 0.29) is 11.9 Å². The second-order valence-corrected chi connectivity index (χ2v) is 6.52. The van der Waals surface area contributed by atoms with Gasteiger partial charge in [0, 0.05) is 22.2 Å². The standard InChI is InChI=1S/C17H18Cl2N2O2/c18-13-8-12(9-14(19)10-13)17(22)20-11-15(16-4-3-7-23-16)21-5-1-2-6-21/h3-4,7-10,15H,1-2,5-6,11H2,(H,20,22). The Morgan fingerprint density at radius 1 is 1.22 bits per heavy atom. The van der Waals surface area contributed by atoms with Gasteiger partial charge in [-0.05, 0) is 56.3 Å². The molecule has 1 N–H and O–H groups in total. The first kappa shape index (κ1) is 16.4. The van der Waals surface area contributed by atoms with Crippen molar-refractivity contribution in [2.75, 3.05) is 19.6 Å². The molecule has 0 bridgehead atoms. The third kappa shape index (κ3) is 4.08. The van der Waals surface area contributed by atoms with Crippen LogP contribution in [0.2, 0.25) is 10.0 Å². The molecule has 3 rings (SSSR count). The van der Waals surface area contributed by atoms with Crippen LogP contribution in [-0.2, 0) is 0 Å². The Balaban J connectivity index is 1.69. The van der Waals surface area contributed by atoms with Crippen LogP contribution in [0.1, 0.15) is 35.0 Å². The summed E-state index contributed by atoms with van der Waals surface area (Å²) in [4.78, 5) is 14.7. The van der Waals surface area contributed by atoms with Crippen LogP contribution in [0.5, 0.6) is 0 Å². The van der Waals surface area contributed by atoms with E-state index in [9.17, 15) is 4.79 Å². The highest BCUT2D eigenvalue weighted by Gasteiger charge is 2.26. The van der Waals surface area contributed by atoms with Crippen LogP contribution in [-0.4, -0.2) is 30.4 Å². The maximum absolute atomic E-state index is 12.4. The first-order valence-electron chi connectivity index (χ1n) is 7.65. The van der Waals surface area contributed by atoms with Gasteiger partial charge >= 0.3 is 0 Å². The fourth-order valence-corrected chi connectivity index (χ4v) is 3.45. The van der Waals surface area contributed by atoms with Crippen LogP contribution < -0.4 is 5.32 Å². The molecule has 1 aliphatic rings. The van der Waals surface area contributed by atoms with E-state index in [1.54, 1.807) is 24.5 Å². The number of nitrogens with one attached hydrogen (secondary N) is 1. The maximum atomic E-state index is 12.4. The van der Waals surface area contributed by atoms with Gasteiger partial charge in [0.15, 0.2) is 0 Å². The number of benzene rings is 1. The Bertz CT molecular complexity index is 647. The second kappa shape index (κ2) is 7.39. The summed E-state index contributed by atoms with van der Waals surface area (Å²) in [5, 5.41) is 3.86. The van der Waals surface area contributed by atoms with Crippen LogP contribution >= 0.6 is 23.2 Å². The van der Waals surface area contributed by atoms with E-state index < -0.39 is 0 Å². The molecular formula is C17H18Cl2N2O2. The number of carbonyl (C=O) groups excluding carboxylic acids is 1. The van der Waals surface area contributed by atoms with Crippen molar-refractivity contribution >= 4 is 29.1 Å². The zero-order chi connectivity index (χ0) is 16.2. The number of hydrogen-bond acceptors (Lipinski definition) is 3. The fourth-order valence-electron chi connectivity index (χ4n) is 2.92. The topological polar surface area (TPSA) is 45.5 Å². The van der Waals surface area contributed by atoms with E-state index in [0.29, 0.717) is 22.2 Å². The smallest absolute Gasteiger partial charge is 0.251 e. The van der Waals surface area contributed by atoms with Crippen molar-refractivity contribution in [2.24, 2.45) is 0 Å². The van der Waals surface area contributed by atoms with Gasteiger partial charge in [0.05, 0.1) is 12.3 Å². The molecule has 1 unspecified atom stereocenters. The molecule has 0 spiro atoms. The lowest BCUT2D eigenvalue weighted by atomic mass is 10.1. The highest BCUT2D eigenvalue weighted by Crippen LogP contribution is 2.25. The molecule has 2 aromatic rings. The van der Waals surface area contributed by atoms with E-state index in [2.05, 4.69) is 10.2 Å². The molecule has 1 fully saturated rings. The Hall–Kier alpha value is -1.49. The number of carbonyl (C=O) groups is 1. The number of rotatable bonds is 5. The number of amides is 1. The quantitative estimate of drug-likeness (QED) is 0.878. The van der Waals surface area contributed by atoms with Crippen LogP contribution in [0.3, 0.4) is 0 Å². The summed E-state index contributed by atoms with van der Waals surface area (Å²) >= 11 is 11.9. The molecule has 4 nitrogen and oxygen atoms in total. The van der Waals surface area contributed by atoms with E-state index in [1.165, 1.54) is 12.8 Å². The number of nitrogens with zero attached hydrogens (tertiary/aromatic N) is 1. The van der Waals surface area contributed by atoms with Crippen molar-refractivity contribution < 1.29 is 9.21 Å². The predicted octanol–water partition coefficient (Wildman–Crippen LogP) is 4.15. The van der Waals surface area contributed by atoms with Gasteiger partial charge in [-0.1, -0.05) is 23.2 Å². The van der Waals surface area contributed by atoms with Crippen LogP contribution in [0.15, 0.2) is 41.0 Å². The monoisotopic (exact) mass is 352 g/mol. The van der Waals surface area contributed by atoms with Crippen molar-refractivity contribution in [1.82, 2.24) is 10.2 Å². The van der Waals surface area contributed by atoms with Gasteiger partial charge in [0.2, 0.25) is 0 Å². The Morgan fingerprint density at radius 3 is 2.52 bits per heavy atom. The third-order valence-corrected chi connectivity index (χ3v) is 4.47. The summed E-state index contributed by atoms with van der Waals surface area (Å²) in [5.74, 6) is 0.682. The first-order chi connectivity index (χ1) is 11.1. The largest absolute Gasteiger partial charge is 0.468 e. The third-order valence-electron chi connectivity index (χ3n) is 4.03. The van der Waals surface area contributed by atoms with Crippen molar-refractivity contribution in [1.29, 1.82) is 0 Å². The fraction of sp³-hybridized carbons (Fsp3) is 0.353. The maximum Gasteiger partial charge on any atom is 0.251 e. The molecule has 1 aromatic carbocycles. The second-order valence-electron chi connectivity index (χ2n) is 5.64. The van der Waals surface area contributed by atoms with Gasteiger partial charge in [0.25, 0.3) is 5.91 Å². The van der Waals surface area contributed by atoms with E-state index in [0.717, 1.165) is 18.8 Å². The number of furan rings is 1. The average molecular weight is 353 g/mol. The van der Waals surface area contributed by atoms with Crippen molar-refractivity contribution in [3.8, 4) is 0 Å². The van der Waals surface area contributed by atoms with Crippen LogP contribution in [0, 0.1) is 0 Å². The SMILES string of the molecule is O=C(NCC(c1ccco1)N1CCCC1)c1cc(Cl)cc(Cl)c1. The molecule has 1 atom stereocenters. The summed E-state index contributed by atoms with van der Waals surface area (Å²) in [6.45, 7) is 2.52. The Morgan fingerprint density at radius 2 is 1.91 bits per heavy atom. The van der Waals surface area contributed by atoms with Gasteiger partial charge in [-0.2, -0.15) is 0 Å². The zero-order valence-electron chi connectivity index (χ0n) is 12.6. The van der Waals surface area contributed by atoms with Gasteiger partial charge in [0.1, 0.15) is 5.76 Å². The molecule has 1 saturated heterocycles. The van der Waals surface area contributed by atoms with Gasteiger partial charge in [-0.3, -0.25) is 9.69 Å². The minimum Gasteiger partial charge on any atom is -0.468 e. The Kier molecular flexibility index (Phi) is 5.26. The number of halogens is 2. The number of hydrogen-bond donors (Lipinski definition) is 1. The molecule has 1 aliphatic heterocycles. The highest BCUT2D eigenvalue weighted by atomic mass is 35.5. The zero-order valence-corrected chi connectivity index (χ0v) is 14.1. The Labute approximate surface area is 145 Å². The molecule has 23 heavy (non-hydrogen) atoms. The average Bonchev–Trinajstić information content (AvgIpc) is 3.20. The van der Waals surface area contributed by atoms with Crippen LogP contribution in [0.4, 0.5) is 0 Å². The van der Waals surface area contributed by atoms with Crippen molar-refractivity contribution in [3.05, 3.63) is 58.0 Å². The summed E-state index contributed by atoms with van der Waals surface area (Å²) < 4.78 is 5.55. The van der Waals surface area contributed by atoms with E-state index in [4.69, 9.17) is 27.6 Å². The molecule has 1 aromatic heterocycles. The van der Waals surface area contributed by atoms with Gasteiger partial charge in [-0.15, -0.1) is 0 Å². The molecular weight excluding hydrogens is 335 g/mol. The van der Waals surface area contributed by atoms with Gasteiger partial charge in [-0.25, -0.2) is 0 Å². The molecule has 2 heterocycles. The van der Waals surface area contributed by atoms with E-state index in [1.807, 2.05) is 12.1 Å². The minimum absolute atomic E-state index is 0.0473. The lowest BCUT2D eigenvalue weighted by Crippen LogP contribution is -2.36. The van der Waals surface area contributed by atoms with Crippen molar-refractivity contribution in [3.63, 3.8) is 0 Å². The highest BCUT2D eigenvalue weighted by molar-refractivity contribution is 6.35. The number of likely N-dealkylation sites (tertiary alicyclic amines) is 1. The molecule has 1 amide bonds. The lowest BCUT2D eigenvalue weighted by molar-refractivity contribution is 0.0934.